The maximum absolute atomic E-state index is 11.1. The molecule has 6 heteroatoms. The van der Waals surface area contributed by atoms with Gasteiger partial charge < -0.3 is 15.0 Å². The van der Waals surface area contributed by atoms with Crippen LogP contribution < -0.4 is 10.9 Å². The molecule has 0 unspecified atom stereocenters. The lowest BCUT2D eigenvalue weighted by Gasteiger charge is -2.07. The first-order valence-corrected chi connectivity index (χ1v) is 5.18. The minimum Gasteiger partial charge on any atom is -0.375 e. The van der Waals surface area contributed by atoms with Crippen LogP contribution in [-0.4, -0.2) is 29.7 Å². The highest BCUT2D eigenvalue weighted by Gasteiger charge is 2.03. The molecular weight excluding hydrogens is 230 g/mol. The highest BCUT2D eigenvalue weighted by atomic mass is 35.5. The van der Waals surface area contributed by atoms with Crippen LogP contribution in [0.25, 0.3) is 0 Å². The second-order valence-electron chi connectivity index (χ2n) is 3.33. The minimum absolute atomic E-state index is 0.0578. The third kappa shape index (κ3) is 4.04. The summed E-state index contributed by atoms with van der Waals surface area (Å²) in [6, 6.07) is 0. The van der Waals surface area contributed by atoms with Crippen LogP contribution in [-0.2, 0) is 4.74 Å². The molecule has 0 aliphatic rings. The quantitative estimate of drug-likeness (QED) is 0.586. The number of hydrogen-bond acceptors (Lipinski definition) is 4. The van der Waals surface area contributed by atoms with E-state index in [1.54, 1.807) is 0 Å². The summed E-state index contributed by atoms with van der Waals surface area (Å²) in [5.74, 6) is 0.365. The van der Waals surface area contributed by atoms with Gasteiger partial charge in [-0.1, -0.05) is 23.8 Å². The molecule has 0 spiro atoms. The number of hydrogen-bond donors (Lipinski definition) is 2. The van der Waals surface area contributed by atoms with Gasteiger partial charge in [-0.05, 0) is 6.92 Å². The van der Waals surface area contributed by atoms with E-state index >= 15 is 0 Å². The summed E-state index contributed by atoms with van der Waals surface area (Å²) in [4.78, 5) is 17.4. The van der Waals surface area contributed by atoms with Crippen molar-refractivity contribution in [3.05, 3.63) is 33.9 Å². The highest BCUT2D eigenvalue weighted by molar-refractivity contribution is 6.32. The van der Waals surface area contributed by atoms with Crippen molar-refractivity contribution in [2.24, 2.45) is 0 Å². The molecule has 16 heavy (non-hydrogen) atoms. The Morgan fingerprint density at radius 3 is 3.19 bits per heavy atom. The molecule has 0 aliphatic carbocycles. The standard InChI is InChI=1S/C10H14ClN3O2/c1-7(2)5-16-4-3-12-9-8(11)10(15)14-6-13-9/h6H,1,3-5H2,2H3,(H2,12,13,14,15). The minimum atomic E-state index is -0.359. The summed E-state index contributed by atoms with van der Waals surface area (Å²) in [6.45, 7) is 7.16. The molecule has 0 radical (unpaired) electrons. The Labute approximate surface area is 98.5 Å². The van der Waals surface area contributed by atoms with E-state index < -0.39 is 0 Å². The van der Waals surface area contributed by atoms with E-state index in [1.807, 2.05) is 6.92 Å². The third-order valence-electron chi connectivity index (χ3n) is 1.68. The van der Waals surface area contributed by atoms with Gasteiger partial charge in [0.1, 0.15) is 5.02 Å². The number of nitrogens with zero attached hydrogens (tertiary/aromatic N) is 1. The van der Waals surface area contributed by atoms with Gasteiger partial charge in [-0.3, -0.25) is 4.79 Å². The predicted octanol–water partition coefficient (Wildman–Crippen LogP) is 1.43. The first-order chi connectivity index (χ1) is 7.61. The molecule has 2 N–H and O–H groups in total. The van der Waals surface area contributed by atoms with Gasteiger partial charge in [-0.2, -0.15) is 0 Å². The Hall–Kier alpha value is -1.33. The molecule has 0 atom stereocenters. The molecule has 88 valence electrons. The normalized spacial score (nSPS) is 10.1. The van der Waals surface area contributed by atoms with Crippen molar-refractivity contribution in [1.29, 1.82) is 0 Å². The molecule has 1 rings (SSSR count). The molecule has 0 aromatic carbocycles. The lowest BCUT2D eigenvalue weighted by molar-refractivity contribution is 0.167. The van der Waals surface area contributed by atoms with Crippen molar-refractivity contribution in [2.45, 2.75) is 6.92 Å². The second kappa shape index (κ2) is 6.30. The summed E-state index contributed by atoms with van der Waals surface area (Å²) in [6.07, 6.45) is 1.30. The van der Waals surface area contributed by atoms with E-state index in [0.29, 0.717) is 25.6 Å². The van der Waals surface area contributed by atoms with Crippen molar-refractivity contribution < 1.29 is 4.74 Å². The Balaban J connectivity index is 2.35. The first kappa shape index (κ1) is 12.7. The number of H-pyrrole nitrogens is 1. The summed E-state index contributed by atoms with van der Waals surface area (Å²) < 4.78 is 5.27. The topological polar surface area (TPSA) is 67.0 Å². The van der Waals surface area contributed by atoms with E-state index in [1.165, 1.54) is 6.33 Å². The van der Waals surface area contributed by atoms with Gasteiger partial charge in [-0.25, -0.2) is 4.98 Å². The number of aromatic amines is 1. The van der Waals surface area contributed by atoms with Crippen LogP contribution in [0.3, 0.4) is 0 Å². The van der Waals surface area contributed by atoms with Crippen molar-refractivity contribution in [3.8, 4) is 0 Å². The third-order valence-corrected chi connectivity index (χ3v) is 2.03. The molecule has 5 nitrogen and oxygen atoms in total. The number of aromatic nitrogens is 2. The Bertz CT molecular complexity index is 417. The fourth-order valence-electron chi connectivity index (χ4n) is 0.994. The van der Waals surface area contributed by atoms with E-state index in [0.717, 1.165) is 5.57 Å². The smallest absolute Gasteiger partial charge is 0.271 e. The summed E-state index contributed by atoms with van der Waals surface area (Å²) in [7, 11) is 0. The first-order valence-electron chi connectivity index (χ1n) is 4.80. The SMILES string of the molecule is C=C(C)COCCNc1nc[nH]c(=O)c1Cl. The summed E-state index contributed by atoms with van der Waals surface area (Å²) in [5, 5.41) is 2.97. The molecule has 0 bridgehead atoms. The Morgan fingerprint density at radius 2 is 2.50 bits per heavy atom. The maximum Gasteiger partial charge on any atom is 0.271 e. The second-order valence-corrected chi connectivity index (χ2v) is 3.71. The van der Waals surface area contributed by atoms with Gasteiger partial charge in [0, 0.05) is 6.54 Å². The van der Waals surface area contributed by atoms with E-state index in [-0.39, 0.29) is 10.6 Å². The van der Waals surface area contributed by atoms with Crippen molar-refractivity contribution in [1.82, 2.24) is 9.97 Å². The van der Waals surface area contributed by atoms with Crippen molar-refractivity contribution in [2.75, 3.05) is 25.1 Å². The monoisotopic (exact) mass is 243 g/mol. The van der Waals surface area contributed by atoms with Gasteiger partial charge in [0.25, 0.3) is 5.56 Å². The van der Waals surface area contributed by atoms with E-state index in [2.05, 4.69) is 21.9 Å². The van der Waals surface area contributed by atoms with Crippen LogP contribution in [0.2, 0.25) is 5.02 Å². The number of rotatable bonds is 6. The fourth-order valence-corrected chi connectivity index (χ4v) is 1.16. The van der Waals surface area contributed by atoms with Crippen LogP contribution in [0.15, 0.2) is 23.3 Å². The number of anilines is 1. The van der Waals surface area contributed by atoms with E-state index in [9.17, 15) is 4.79 Å². The molecule has 0 aliphatic heterocycles. The van der Waals surface area contributed by atoms with Crippen LogP contribution in [0.5, 0.6) is 0 Å². The average molecular weight is 244 g/mol. The largest absolute Gasteiger partial charge is 0.375 e. The highest BCUT2D eigenvalue weighted by Crippen LogP contribution is 2.11. The lowest BCUT2D eigenvalue weighted by atomic mass is 10.4. The molecular formula is C10H14ClN3O2. The molecule has 0 amide bonds. The van der Waals surface area contributed by atoms with Gasteiger partial charge in [0.15, 0.2) is 5.82 Å². The maximum atomic E-state index is 11.1. The number of halogens is 1. The van der Waals surface area contributed by atoms with Crippen molar-refractivity contribution >= 4 is 17.4 Å². The molecule has 1 heterocycles. The summed E-state index contributed by atoms with van der Waals surface area (Å²) >= 11 is 5.73. The van der Waals surface area contributed by atoms with Gasteiger partial charge in [0.05, 0.1) is 19.5 Å². The number of ether oxygens (including phenoxy) is 1. The van der Waals surface area contributed by atoms with Crippen LogP contribution in [0.4, 0.5) is 5.82 Å². The van der Waals surface area contributed by atoms with Crippen molar-refractivity contribution in [3.63, 3.8) is 0 Å². The predicted molar refractivity (Wildman–Crippen MR) is 64.0 cm³/mol. The Kier molecular flexibility index (Phi) is 5.01. The van der Waals surface area contributed by atoms with Gasteiger partial charge in [0.2, 0.25) is 0 Å². The molecule has 1 aromatic heterocycles. The molecule has 0 saturated carbocycles. The fraction of sp³-hybridized carbons (Fsp3) is 0.400. The molecule has 1 aromatic rings. The molecule has 0 fully saturated rings. The zero-order chi connectivity index (χ0) is 12.0. The van der Waals surface area contributed by atoms with Gasteiger partial charge in [-0.15, -0.1) is 0 Å². The summed E-state index contributed by atoms with van der Waals surface area (Å²) in [5.41, 5.74) is 0.606. The zero-order valence-corrected chi connectivity index (χ0v) is 9.80. The van der Waals surface area contributed by atoms with Crippen LogP contribution in [0.1, 0.15) is 6.92 Å². The molecule has 0 saturated heterocycles. The zero-order valence-electron chi connectivity index (χ0n) is 9.05. The lowest BCUT2D eigenvalue weighted by Crippen LogP contribution is -2.15. The Morgan fingerprint density at radius 1 is 1.75 bits per heavy atom. The number of nitrogens with one attached hydrogen (secondary N) is 2. The van der Waals surface area contributed by atoms with Crippen LogP contribution in [0, 0.1) is 0 Å². The average Bonchev–Trinajstić information content (AvgIpc) is 2.23. The van der Waals surface area contributed by atoms with Crippen LogP contribution >= 0.6 is 11.6 Å². The van der Waals surface area contributed by atoms with E-state index in [4.69, 9.17) is 16.3 Å². The van der Waals surface area contributed by atoms with Gasteiger partial charge >= 0.3 is 0 Å².